The predicted molar refractivity (Wildman–Crippen MR) is 75.1 cm³/mol. The molecule has 0 spiro atoms. The van der Waals surface area contributed by atoms with Crippen LogP contribution in [0.1, 0.15) is 11.1 Å². The highest BCUT2D eigenvalue weighted by Gasteiger charge is 2.02. The van der Waals surface area contributed by atoms with Crippen LogP contribution in [0.2, 0.25) is 5.02 Å². The zero-order valence-electron chi connectivity index (χ0n) is 9.92. The molecule has 0 unspecified atom stereocenters. The molecule has 0 aliphatic rings. The van der Waals surface area contributed by atoms with E-state index in [1.54, 1.807) is 0 Å². The molecule has 2 aromatic rings. The fourth-order valence-corrected chi connectivity index (χ4v) is 1.77. The van der Waals surface area contributed by atoms with E-state index in [4.69, 9.17) is 17.3 Å². The summed E-state index contributed by atoms with van der Waals surface area (Å²) in [4.78, 5) is 0. The van der Waals surface area contributed by atoms with Gasteiger partial charge in [0.2, 0.25) is 0 Å². The van der Waals surface area contributed by atoms with Crippen LogP contribution >= 0.6 is 11.6 Å². The Balaban J connectivity index is 2.31. The highest BCUT2D eigenvalue weighted by molar-refractivity contribution is 6.33. The number of hydrogen-bond acceptors (Lipinski definition) is 2. The Labute approximate surface area is 106 Å². The molecule has 2 rings (SSSR count). The normalized spacial score (nSPS) is 10.3. The van der Waals surface area contributed by atoms with Crippen LogP contribution < -0.4 is 11.1 Å². The lowest BCUT2D eigenvalue weighted by atomic mass is 10.1. The summed E-state index contributed by atoms with van der Waals surface area (Å²) in [6, 6.07) is 11.8. The van der Waals surface area contributed by atoms with Crippen molar-refractivity contribution in [2.24, 2.45) is 0 Å². The van der Waals surface area contributed by atoms with Gasteiger partial charge in [0.25, 0.3) is 0 Å². The van der Waals surface area contributed by atoms with Gasteiger partial charge < -0.3 is 11.1 Å². The number of nitrogens with two attached hydrogens (primary N) is 1. The molecule has 0 atom stereocenters. The van der Waals surface area contributed by atoms with Gasteiger partial charge in [0.05, 0.1) is 10.7 Å². The number of hydrogen-bond donors (Lipinski definition) is 2. The van der Waals surface area contributed by atoms with Crippen molar-refractivity contribution < 1.29 is 0 Å². The summed E-state index contributed by atoms with van der Waals surface area (Å²) in [6.07, 6.45) is 0. The first-order valence-electron chi connectivity index (χ1n) is 5.45. The monoisotopic (exact) mass is 246 g/mol. The van der Waals surface area contributed by atoms with E-state index < -0.39 is 0 Å². The number of halogens is 1. The van der Waals surface area contributed by atoms with Crippen LogP contribution in [0.3, 0.4) is 0 Å². The van der Waals surface area contributed by atoms with Gasteiger partial charge in [0, 0.05) is 11.4 Å². The van der Waals surface area contributed by atoms with Crippen molar-refractivity contribution in [3.8, 4) is 0 Å². The first kappa shape index (κ1) is 11.8. The Hall–Kier alpha value is -1.67. The summed E-state index contributed by atoms with van der Waals surface area (Å²) in [5.41, 5.74) is 10.7. The molecule has 88 valence electrons. The Bertz CT molecular complexity index is 550. The molecule has 2 aromatic carbocycles. The minimum absolute atomic E-state index is 0.703. The number of rotatable bonds is 2. The van der Waals surface area contributed by atoms with Crippen LogP contribution in [0.5, 0.6) is 0 Å². The third kappa shape index (κ3) is 2.71. The maximum atomic E-state index is 6.12. The molecule has 0 aromatic heterocycles. The summed E-state index contributed by atoms with van der Waals surface area (Å²) in [7, 11) is 0. The van der Waals surface area contributed by atoms with Gasteiger partial charge in [-0.15, -0.1) is 0 Å². The zero-order valence-corrected chi connectivity index (χ0v) is 10.7. The van der Waals surface area contributed by atoms with Crippen LogP contribution in [0.4, 0.5) is 17.1 Å². The fraction of sp³-hybridized carbons (Fsp3) is 0.143. The highest BCUT2D eigenvalue weighted by Crippen LogP contribution is 2.27. The SMILES string of the molecule is Cc1ccc(Cl)c(Nc2ccc(C)c(N)c2)c1. The van der Waals surface area contributed by atoms with Crippen LogP contribution in [-0.2, 0) is 0 Å². The van der Waals surface area contributed by atoms with Crippen LogP contribution in [-0.4, -0.2) is 0 Å². The maximum Gasteiger partial charge on any atom is 0.0641 e. The summed E-state index contributed by atoms with van der Waals surface area (Å²) >= 11 is 6.12. The lowest BCUT2D eigenvalue weighted by molar-refractivity contribution is 1.43. The molecule has 3 heteroatoms. The van der Waals surface area contributed by atoms with Crippen molar-refractivity contribution >= 4 is 28.7 Å². The highest BCUT2D eigenvalue weighted by atomic mass is 35.5. The van der Waals surface area contributed by atoms with Gasteiger partial charge in [-0.25, -0.2) is 0 Å². The Morgan fingerprint density at radius 2 is 1.82 bits per heavy atom. The van der Waals surface area contributed by atoms with E-state index in [9.17, 15) is 0 Å². The van der Waals surface area contributed by atoms with Crippen molar-refractivity contribution in [2.45, 2.75) is 13.8 Å². The van der Waals surface area contributed by atoms with E-state index in [2.05, 4.69) is 5.32 Å². The number of benzene rings is 2. The summed E-state index contributed by atoms with van der Waals surface area (Å²) in [6.45, 7) is 4.02. The lowest BCUT2D eigenvalue weighted by Gasteiger charge is -2.10. The molecule has 0 heterocycles. The molecule has 0 saturated carbocycles. The van der Waals surface area contributed by atoms with Gasteiger partial charge in [0.15, 0.2) is 0 Å². The largest absolute Gasteiger partial charge is 0.398 e. The van der Waals surface area contributed by atoms with Crippen LogP contribution in [0, 0.1) is 13.8 Å². The second kappa shape index (κ2) is 4.68. The fourth-order valence-electron chi connectivity index (χ4n) is 1.61. The Kier molecular flexibility index (Phi) is 3.25. The van der Waals surface area contributed by atoms with Gasteiger partial charge in [-0.3, -0.25) is 0 Å². The maximum absolute atomic E-state index is 6.12. The van der Waals surface area contributed by atoms with E-state index in [-0.39, 0.29) is 0 Å². The minimum atomic E-state index is 0.703. The smallest absolute Gasteiger partial charge is 0.0641 e. The lowest BCUT2D eigenvalue weighted by Crippen LogP contribution is -1.95. The summed E-state index contributed by atoms with van der Waals surface area (Å²) in [5.74, 6) is 0. The molecular formula is C14H15ClN2. The van der Waals surface area contributed by atoms with E-state index in [0.717, 1.165) is 28.2 Å². The average molecular weight is 247 g/mol. The van der Waals surface area contributed by atoms with Crippen molar-refractivity contribution in [3.63, 3.8) is 0 Å². The summed E-state index contributed by atoms with van der Waals surface area (Å²) in [5, 5.41) is 3.97. The van der Waals surface area contributed by atoms with Crippen molar-refractivity contribution in [1.82, 2.24) is 0 Å². The number of nitrogens with one attached hydrogen (secondary N) is 1. The first-order chi connectivity index (χ1) is 8.06. The van der Waals surface area contributed by atoms with Crippen LogP contribution in [0.15, 0.2) is 36.4 Å². The topological polar surface area (TPSA) is 38.0 Å². The molecular weight excluding hydrogens is 232 g/mol. The number of aryl methyl sites for hydroxylation is 2. The van der Waals surface area contributed by atoms with Gasteiger partial charge in [-0.2, -0.15) is 0 Å². The molecule has 17 heavy (non-hydrogen) atoms. The first-order valence-corrected chi connectivity index (χ1v) is 5.83. The molecule has 0 saturated heterocycles. The molecule has 0 fully saturated rings. The van der Waals surface area contributed by atoms with Crippen molar-refractivity contribution in [1.29, 1.82) is 0 Å². The van der Waals surface area contributed by atoms with E-state index >= 15 is 0 Å². The second-order valence-electron chi connectivity index (χ2n) is 4.18. The van der Waals surface area contributed by atoms with E-state index in [0.29, 0.717) is 5.02 Å². The summed E-state index contributed by atoms with van der Waals surface area (Å²) < 4.78 is 0. The van der Waals surface area contributed by atoms with Crippen molar-refractivity contribution in [2.75, 3.05) is 11.1 Å². The molecule has 0 amide bonds. The standard InChI is InChI=1S/C14H15ClN2/c1-9-3-6-12(15)14(7-9)17-11-5-4-10(2)13(16)8-11/h3-8,17H,16H2,1-2H3. The van der Waals surface area contributed by atoms with Crippen LogP contribution in [0.25, 0.3) is 0 Å². The molecule has 0 radical (unpaired) electrons. The minimum Gasteiger partial charge on any atom is -0.398 e. The molecule has 0 bridgehead atoms. The van der Waals surface area contributed by atoms with Gasteiger partial charge in [-0.1, -0.05) is 23.7 Å². The quantitative estimate of drug-likeness (QED) is 0.776. The van der Waals surface area contributed by atoms with Gasteiger partial charge in [-0.05, 0) is 49.2 Å². The third-order valence-electron chi connectivity index (χ3n) is 2.68. The number of anilines is 3. The van der Waals surface area contributed by atoms with E-state index in [1.165, 1.54) is 0 Å². The number of nitrogen functional groups attached to an aromatic ring is 1. The second-order valence-corrected chi connectivity index (χ2v) is 4.59. The third-order valence-corrected chi connectivity index (χ3v) is 3.01. The van der Waals surface area contributed by atoms with E-state index in [1.807, 2.05) is 50.2 Å². The van der Waals surface area contributed by atoms with Gasteiger partial charge in [0.1, 0.15) is 0 Å². The van der Waals surface area contributed by atoms with Gasteiger partial charge >= 0.3 is 0 Å². The molecule has 3 N–H and O–H groups in total. The Morgan fingerprint density at radius 3 is 2.53 bits per heavy atom. The Morgan fingerprint density at radius 1 is 1.06 bits per heavy atom. The van der Waals surface area contributed by atoms with Crippen molar-refractivity contribution in [3.05, 3.63) is 52.5 Å². The molecule has 2 nitrogen and oxygen atoms in total. The predicted octanol–water partition coefficient (Wildman–Crippen LogP) is 4.28. The zero-order chi connectivity index (χ0) is 12.4. The molecule has 0 aliphatic carbocycles. The molecule has 0 aliphatic heterocycles. The average Bonchev–Trinajstić information content (AvgIpc) is 2.29.